The fourth-order valence-electron chi connectivity index (χ4n) is 2.80. The number of fused-ring (bicyclic) bond motifs is 1. The van der Waals surface area contributed by atoms with Gasteiger partial charge in [0.1, 0.15) is 12.4 Å². The number of benzene rings is 1. The number of nitrogens with two attached hydrogens (primary N) is 1. The Balaban J connectivity index is 2.12. The van der Waals surface area contributed by atoms with Crippen molar-refractivity contribution < 1.29 is 9.53 Å². The number of hydrogen-bond acceptors (Lipinski definition) is 3. The summed E-state index contributed by atoms with van der Waals surface area (Å²) in [7, 11) is 0. The van der Waals surface area contributed by atoms with E-state index in [1.807, 2.05) is 6.07 Å². The molecule has 0 saturated heterocycles. The van der Waals surface area contributed by atoms with Crippen LogP contribution in [0.5, 0.6) is 5.75 Å². The molecule has 1 atom stereocenters. The minimum atomic E-state index is -0.405. The highest BCUT2D eigenvalue weighted by Crippen LogP contribution is 2.28. The standard InChI is InChI=1S/C16H24N2O2/c1-3-7-18(8-4-2)14-9-12-5-6-13(16(17)19)10-15(12)20-11-14/h5-6,10,14H,3-4,7-9,11H2,1-2H3,(H2,17,19). The Kier molecular flexibility index (Phi) is 5.01. The van der Waals surface area contributed by atoms with Gasteiger partial charge in [0.05, 0.1) is 0 Å². The lowest BCUT2D eigenvalue weighted by Gasteiger charge is -2.35. The van der Waals surface area contributed by atoms with Crippen molar-refractivity contribution in [2.45, 2.75) is 39.2 Å². The minimum absolute atomic E-state index is 0.405. The minimum Gasteiger partial charge on any atom is -0.492 e. The fourth-order valence-corrected chi connectivity index (χ4v) is 2.80. The molecular weight excluding hydrogens is 252 g/mol. The molecular formula is C16H24N2O2. The van der Waals surface area contributed by atoms with E-state index >= 15 is 0 Å². The van der Waals surface area contributed by atoms with Gasteiger partial charge >= 0.3 is 0 Å². The molecule has 110 valence electrons. The summed E-state index contributed by atoms with van der Waals surface area (Å²) in [5.41, 5.74) is 6.98. The molecule has 0 fully saturated rings. The van der Waals surface area contributed by atoms with Crippen LogP contribution in [0.15, 0.2) is 18.2 Å². The quantitative estimate of drug-likeness (QED) is 0.866. The van der Waals surface area contributed by atoms with Gasteiger partial charge in [-0.2, -0.15) is 0 Å². The number of carbonyl (C=O) groups is 1. The van der Waals surface area contributed by atoms with Gasteiger partial charge in [-0.1, -0.05) is 19.9 Å². The van der Waals surface area contributed by atoms with E-state index in [-0.39, 0.29) is 0 Å². The summed E-state index contributed by atoms with van der Waals surface area (Å²) in [5.74, 6) is 0.405. The molecule has 1 aliphatic heterocycles. The number of hydrogen-bond donors (Lipinski definition) is 1. The summed E-state index contributed by atoms with van der Waals surface area (Å²) in [6.45, 7) is 7.32. The van der Waals surface area contributed by atoms with E-state index in [0.717, 1.165) is 38.1 Å². The van der Waals surface area contributed by atoms with Crippen LogP contribution >= 0.6 is 0 Å². The van der Waals surface area contributed by atoms with Crippen molar-refractivity contribution in [3.05, 3.63) is 29.3 Å². The van der Waals surface area contributed by atoms with Gasteiger partial charge in [0, 0.05) is 11.6 Å². The van der Waals surface area contributed by atoms with Gasteiger partial charge in [0.25, 0.3) is 0 Å². The number of primary amides is 1. The predicted octanol–water partition coefficient (Wildman–Crippen LogP) is 2.21. The molecule has 20 heavy (non-hydrogen) atoms. The highest BCUT2D eigenvalue weighted by Gasteiger charge is 2.25. The highest BCUT2D eigenvalue weighted by molar-refractivity contribution is 5.93. The van der Waals surface area contributed by atoms with E-state index in [1.54, 1.807) is 12.1 Å². The Hall–Kier alpha value is -1.55. The number of rotatable bonds is 6. The van der Waals surface area contributed by atoms with Gasteiger partial charge in [-0.25, -0.2) is 0 Å². The van der Waals surface area contributed by atoms with Gasteiger partial charge in [0.15, 0.2) is 0 Å². The molecule has 1 unspecified atom stereocenters. The number of amides is 1. The molecule has 1 heterocycles. The molecule has 1 aliphatic rings. The highest BCUT2D eigenvalue weighted by atomic mass is 16.5. The van der Waals surface area contributed by atoms with Crippen LogP contribution in [0.3, 0.4) is 0 Å². The van der Waals surface area contributed by atoms with E-state index in [0.29, 0.717) is 18.2 Å². The molecule has 0 bridgehead atoms. The number of ether oxygens (including phenoxy) is 1. The van der Waals surface area contributed by atoms with E-state index in [9.17, 15) is 4.79 Å². The van der Waals surface area contributed by atoms with Crippen LogP contribution in [-0.2, 0) is 6.42 Å². The summed E-state index contributed by atoms with van der Waals surface area (Å²) in [6, 6.07) is 5.95. The molecule has 2 rings (SSSR count). The summed E-state index contributed by atoms with van der Waals surface area (Å²) in [5, 5.41) is 0. The van der Waals surface area contributed by atoms with Crippen molar-refractivity contribution in [2.24, 2.45) is 5.73 Å². The van der Waals surface area contributed by atoms with Crippen molar-refractivity contribution in [1.29, 1.82) is 0 Å². The van der Waals surface area contributed by atoms with Crippen molar-refractivity contribution in [3.8, 4) is 5.75 Å². The van der Waals surface area contributed by atoms with E-state index < -0.39 is 5.91 Å². The van der Waals surface area contributed by atoms with Gasteiger partial charge in [0.2, 0.25) is 5.91 Å². The second kappa shape index (κ2) is 6.75. The molecule has 0 saturated carbocycles. The SMILES string of the molecule is CCCN(CCC)C1COc2cc(C(N)=O)ccc2C1. The van der Waals surface area contributed by atoms with E-state index in [4.69, 9.17) is 10.5 Å². The van der Waals surface area contributed by atoms with Crippen LogP contribution in [-0.4, -0.2) is 36.5 Å². The lowest BCUT2D eigenvalue weighted by molar-refractivity contribution is 0.0997. The Morgan fingerprint density at radius 2 is 2.05 bits per heavy atom. The van der Waals surface area contributed by atoms with Crippen LogP contribution in [0.1, 0.15) is 42.6 Å². The Morgan fingerprint density at radius 1 is 1.35 bits per heavy atom. The normalized spacial score (nSPS) is 17.6. The molecule has 4 heteroatoms. The largest absolute Gasteiger partial charge is 0.492 e. The summed E-state index contributed by atoms with van der Waals surface area (Å²) in [6.07, 6.45) is 3.29. The van der Waals surface area contributed by atoms with Gasteiger partial charge < -0.3 is 10.5 Å². The van der Waals surface area contributed by atoms with Crippen LogP contribution in [0.4, 0.5) is 0 Å². The smallest absolute Gasteiger partial charge is 0.248 e. The van der Waals surface area contributed by atoms with E-state index in [2.05, 4.69) is 18.7 Å². The van der Waals surface area contributed by atoms with Crippen molar-refractivity contribution >= 4 is 5.91 Å². The average molecular weight is 276 g/mol. The number of carbonyl (C=O) groups excluding carboxylic acids is 1. The van der Waals surface area contributed by atoms with Crippen LogP contribution < -0.4 is 10.5 Å². The topological polar surface area (TPSA) is 55.6 Å². The molecule has 1 amide bonds. The average Bonchev–Trinajstić information content (AvgIpc) is 2.46. The maximum absolute atomic E-state index is 11.2. The molecule has 0 aromatic heterocycles. The molecule has 4 nitrogen and oxygen atoms in total. The van der Waals surface area contributed by atoms with Crippen molar-refractivity contribution in [2.75, 3.05) is 19.7 Å². The molecule has 2 N–H and O–H groups in total. The second-order valence-corrected chi connectivity index (χ2v) is 5.39. The maximum atomic E-state index is 11.2. The van der Waals surface area contributed by atoms with Gasteiger partial charge in [-0.3, -0.25) is 9.69 Å². The molecule has 0 spiro atoms. The van der Waals surface area contributed by atoms with Crippen molar-refractivity contribution in [3.63, 3.8) is 0 Å². The summed E-state index contributed by atoms with van der Waals surface area (Å²) in [4.78, 5) is 13.7. The fraction of sp³-hybridized carbons (Fsp3) is 0.562. The first-order valence-corrected chi connectivity index (χ1v) is 7.45. The lowest BCUT2D eigenvalue weighted by atomic mass is 9.99. The molecule has 0 aliphatic carbocycles. The predicted molar refractivity (Wildman–Crippen MR) is 80.1 cm³/mol. The second-order valence-electron chi connectivity index (χ2n) is 5.39. The third-order valence-corrected chi connectivity index (χ3v) is 3.78. The number of nitrogens with zero attached hydrogens (tertiary/aromatic N) is 1. The Labute approximate surface area is 120 Å². The maximum Gasteiger partial charge on any atom is 0.248 e. The van der Waals surface area contributed by atoms with Crippen LogP contribution in [0.25, 0.3) is 0 Å². The van der Waals surface area contributed by atoms with Crippen molar-refractivity contribution in [1.82, 2.24) is 4.90 Å². The van der Waals surface area contributed by atoms with Crippen LogP contribution in [0, 0.1) is 0 Å². The van der Waals surface area contributed by atoms with Gasteiger partial charge in [-0.05, 0) is 50.0 Å². The first-order valence-electron chi connectivity index (χ1n) is 7.45. The summed E-state index contributed by atoms with van der Waals surface area (Å²) >= 11 is 0. The van der Waals surface area contributed by atoms with Gasteiger partial charge in [-0.15, -0.1) is 0 Å². The Morgan fingerprint density at radius 3 is 2.65 bits per heavy atom. The third kappa shape index (κ3) is 3.31. The zero-order valence-corrected chi connectivity index (χ0v) is 12.4. The molecule has 1 aromatic carbocycles. The first kappa shape index (κ1) is 14.9. The Bertz CT molecular complexity index is 468. The molecule has 1 aromatic rings. The third-order valence-electron chi connectivity index (χ3n) is 3.78. The van der Waals surface area contributed by atoms with Crippen LogP contribution in [0.2, 0.25) is 0 Å². The van der Waals surface area contributed by atoms with E-state index in [1.165, 1.54) is 5.56 Å². The zero-order chi connectivity index (χ0) is 14.5. The molecule has 0 radical (unpaired) electrons. The monoisotopic (exact) mass is 276 g/mol. The lowest BCUT2D eigenvalue weighted by Crippen LogP contribution is -2.44. The first-order chi connectivity index (χ1) is 9.65. The summed E-state index contributed by atoms with van der Waals surface area (Å²) < 4.78 is 5.85. The zero-order valence-electron chi connectivity index (χ0n) is 12.4.